The van der Waals surface area contributed by atoms with Crippen LogP contribution >= 0.6 is 12.2 Å². The Balaban J connectivity index is 1.50. The number of nitrogens with zero attached hydrogens (tertiary/aromatic N) is 3. The molecule has 2 aromatic heterocycles. The number of hydrogen-bond acceptors (Lipinski definition) is 2. The maximum Gasteiger partial charge on any atom is 0.169 e. The minimum atomic E-state index is 0.101. The third-order valence-corrected chi connectivity index (χ3v) is 5.21. The van der Waals surface area contributed by atoms with Crippen molar-refractivity contribution in [1.82, 2.24) is 19.8 Å². The summed E-state index contributed by atoms with van der Waals surface area (Å²) in [6, 6.07) is 19.0. The minimum absolute atomic E-state index is 0.101. The van der Waals surface area contributed by atoms with E-state index in [0.717, 1.165) is 31.2 Å². The first-order chi connectivity index (χ1) is 12.8. The molecule has 1 aliphatic heterocycles. The normalized spacial score (nSPS) is 16.2. The lowest BCUT2D eigenvalue weighted by Gasteiger charge is -2.39. The number of aromatic nitrogens is 2. The molecule has 0 bridgehead atoms. The molecule has 0 radical (unpaired) electrons. The van der Waals surface area contributed by atoms with Crippen LogP contribution in [0.4, 0.5) is 0 Å². The van der Waals surface area contributed by atoms with E-state index in [1.165, 1.54) is 16.8 Å². The maximum atomic E-state index is 5.75. The van der Waals surface area contributed by atoms with Gasteiger partial charge in [0.25, 0.3) is 0 Å². The smallest absolute Gasteiger partial charge is 0.169 e. The number of nitrogens with one attached hydrogen (secondary N) is 1. The van der Waals surface area contributed by atoms with Crippen molar-refractivity contribution < 1.29 is 0 Å². The van der Waals surface area contributed by atoms with Gasteiger partial charge in [-0.1, -0.05) is 36.4 Å². The van der Waals surface area contributed by atoms with Gasteiger partial charge < -0.3 is 14.8 Å². The maximum absolute atomic E-state index is 5.75. The van der Waals surface area contributed by atoms with E-state index >= 15 is 0 Å². The second-order valence-corrected chi connectivity index (χ2v) is 6.86. The first kappa shape index (κ1) is 16.8. The van der Waals surface area contributed by atoms with Crippen LogP contribution in [0.15, 0.2) is 73.2 Å². The van der Waals surface area contributed by atoms with Crippen LogP contribution in [0, 0.1) is 0 Å². The number of hydrogen-bond donors (Lipinski definition) is 1. The van der Waals surface area contributed by atoms with E-state index in [2.05, 4.69) is 68.4 Å². The zero-order valence-corrected chi connectivity index (χ0v) is 15.4. The Kier molecular flexibility index (Phi) is 4.97. The summed E-state index contributed by atoms with van der Waals surface area (Å²) in [6.07, 6.45) is 6.85. The predicted octanol–water partition coefficient (Wildman–Crippen LogP) is 3.41. The molecule has 4 nitrogen and oxygen atoms in total. The zero-order chi connectivity index (χ0) is 17.8. The van der Waals surface area contributed by atoms with Crippen molar-refractivity contribution in [2.24, 2.45) is 0 Å². The van der Waals surface area contributed by atoms with Crippen molar-refractivity contribution in [3.05, 3.63) is 90.0 Å². The second-order valence-electron chi connectivity index (χ2n) is 6.48. The third-order valence-electron chi connectivity index (χ3n) is 4.83. The molecule has 26 heavy (non-hydrogen) atoms. The highest BCUT2D eigenvalue weighted by molar-refractivity contribution is 7.80. The van der Waals surface area contributed by atoms with E-state index < -0.39 is 0 Å². The second kappa shape index (κ2) is 7.70. The summed E-state index contributed by atoms with van der Waals surface area (Å²) in [7, 11) is 0. The molecule has 0 spiro atoms. The average molecular weight is 363 g/mol. The summed E-state index contributed by atoms with van der Waals surface area (Å²) in [5, 5.41) is 4.26. The average Bonchev–Trinajstić information content (AvgIpc) is 3.17. The number of benzene rings is 1. The fourth-order valence-corrected chi connectivity index (χ4v) is 3.85. The highest BCUT2D eigenvalue weighted by Gasteiger charge is 2.30. The van der Waals surface area contributed by atoms with Crippen molar-refractivity contribution in [1.29, 1.82) is 0 Å². The SMILES string of the molecule is S=C(NCCc1ccccc1)N1CCn2cccc2[C@H]1c1cccnc1. The molecular formula is C21H22N4S. The van der Waals surface area contributed by atoms with Crippen LogP contribution in [0.3, 0.4) is 0 Å². The summed E-state index contributed by atoms with van der Waals surface area (Å²) in [5.41, 5.74) is 3.75. The molecule has 0 fully saturated rings. The van der Waals surface area contributed by atoms with Gasteiger partial charge in [-0.15, -0.1) is 0 Å². The molecule has 1 N–H and O–H groups in total. The Bertz CT molecular complexity index is 860. The fourth-order valence-electron chi connectivity index (χ4n) is 3.55. The van der Waals surface area contributed by atoms with E-state index in [1.807, 2.05) is 24.5 Å². The van der Waals surface area contributed by atoms with Gasteiger partial charge in [0.1, 0.15) is 0 Å². The Labute approximate surface area is 159 Å². The van der Waals surface area contributed by atoms with Crippen molar-refractivity contribution in [2.75, 3.05) is 13.1 Å². The van der Waals surface area contributed by atoms with Gasteiger partial charge in [-0.25, -0.2) is 0 Å². The van der Waals surface area contributed by atoms with Crippen molar-refractivity contribution in [3.63, 3.8) is 0 Å². The molecule has 0 unspecified atom stereocenters. The summed E-state index contributed by atoms with van der Waals surface area (Å²) < 4.78 is 2.31. The van der Waals surface area contributed by atoms with E-state index in [1.54, 1.807) is 0 Å². The van der Waals surface area contributed by atoms with E-state index in [-0.39, 0.29) is 6.04 Å². The van der Waals surface area contributed by atoms with Gasteiger partial charge in [0.2, 0.25) is 0 Å². The van der Waals surface area contributed by atoms with E-state index in [4.69, 9.17) is 12.2 Å². The highest BCUT2D eigenvalue weighted by Crippen LogP contribution is 2.31. The zero-order valence-electron chi connectivity index (χ0n) is 14.6. The largest absolute Gasteiger partial charge is 0.362 e. The number of rotatable bonds is 4. The third kappa shape index (κ3) is 3.48. The van der Waals surface area contributed by atoms with E-state index in [9.17, 15) is 0 Å². The van der Waals surface area contributed by atoms with Crippen LogP contribution in [0.1, 0.15) is 22.9 Å². The molecule has 1 aromatic carbocycles. The van der Waals surface area contributed by atoms with Gasteiger partial charge in [0.05, 0.1) is 6.04 Å². The molecule has 132 valence electrons. The molecular weight excluding hydrogens is 340 g/mol. The van der Waals surface area contributed by atoms with Gasteiger partial charge in [-0.05, 0) is 48.0 Å². The van der Waals surface area contributed by atoms with Crippen molar-refractivity contribution >= 4 is 17.3 Å². The monoisotopic (exact) mass is 362 g/mol. The molecule has 3 aromatic rings. The molecule has 3 heterocycles. The van der Waals surface area contributed by atoms with Crippen molar-refractivity contribution in [2.45, 2.75) is 19.0 Å². The van der Waals surface area contributed by atoms with Gasteiger partial charge in [0, 0.05) is 43.9 Å². The Hall–Kier alpha value is -2.66. The van der Waals surface area contributed by atoms with E-state index in [0.29, 0.717) is 0 Å². The fraction of sp³-hybridized carbons (Fsp3) is 0.238. The Morgan fingerprint density at radius 3 is 2.77 bits per heavy atom. The van der Waals surface area contributed by atoms with Gasteiger partial charge >= 0.3 is 0 Å². The van der Waals surface area contributed by atoms with Crippen LogP contribution in [0.25, 0.3) is 0 Å². The van der Waals surface area contributed by atoms with Crippen LogP contribution in [0.2, 0.25) is 0 Å². The topological polar surface area (TPSA) is 33.1 Å². The Morgan fingerprint density at radius 1 is 1.08 bits per heavy atom. The summed E-state index contributed by atoms with van der Waals surface area (Å²) in [6.45, 7) is 2.66. The number of thiocarbonyl (C=S) groups is 1. The molecule has 5 heteroatoms. The predicted molar refractivity (Wildman–Crippen MR) is 108 cm³/mol. The highest BCUT2D eigenvalue weighted by atomic mass is 32.1. The molecule has 1 aliphatic rings. The van der Waals surface area contributed by atoms with Crippen LogP contribution in [-0.4, -0.2) is 32.7 Å². The molecule has 0 saturated heterocycles. The lowest BCUT2D eigenvalue weighted by Crippen LogP contribution is -2.47. The lowest BCUT2D eigenvalue weighted by atomic mass is 10.0. The van der Waals surface area contributed by atoms with Crippen LogP contribution in [-0.2, 0) is 13.0 Å². The number of fused-ring (bicyclic) bond motifs is 1. The first-order valence-corrected chi connectivity index (χ1v) is 9.37. The molecule has 0 saturated carbocycles. The van der Waals surface area contributed by atoms with Crippen molar-refractivity contribution in [3.8, 4) is 0 Å². The molecule has 0 aliphatic carbocycles. The summed E-state index contributed by atoms with van der Waals surface area (Å²) >= 11 is 5.75. The van der Waals surface area contributed by atoms with Gasteiger partial charge in [0.15, 0.2) is 5.11 Å². The minimum Gasteiger partial charge on any atom is -0.362 e. The lowest BCUT2D eigenvalue weighted by molar-refractivity contribution is 0.286. The molecule has 4 rings (SSSR count). The molecule has 0 amide bonds. The quantitative estimate of drug-likeness (QED) is 0.721. The van der Waals surface area contributed by atoms with Crippen LogP contribution in [0.5, 0.6) is 0 Å². The standard InChI is InChI=1S/C21H22N4S/c26-21(23-12-10-17-6-2-1-3-7-17)25-15-14-24-13-5-9-19(24)20(25)18-8-4-11-22-16-18/h1-9,11,13,16,20H,10,12,14-15H2,(H,23,26)/t20-/m1/s1. The Morgan fingerprint density at radius 2 is 1.96 bits per heavy atom. The first-order valence-electron chi connectivity index (χ1n) is 8.96. The van der Waals surface area contributed by atoms with Crippen LogP contribution < -0.4 is 5.32 Å². The number of pyridine rings is 1. The van der Waals surface area contributed by atoms with Gasteiger partial charge in [-0.2, -0.15) is 0 Å². The molecule has 1 atom stereocenters. The van der Waals surface area contributed by atoms with Gasteiger partial charge in [-0.3, -0.25) is 4.98 Å². The summed E-state index contributed by atoms with van der Waals surface area (Å²) in [5.74, 6) is 0. The summed E-state index contributed by atoms with van der Waals surface area (Å²) in [4.78, 5) is 6.60.